The lowest BCUT2D eigenvalue weighted by Crippen LogP contribution is -2.49. The minimum absolute atomic E-state index is 0.0606. The van der Waals surface area contributed by atoms with Crippen LogP contribution in [0.5, 0.6) is 0 Å². The van der Waals surface area contributed by atoms with Crippen LogP contribution in [0.3, 0.4) is 0 Å². The van der Waals surface area contributed by atoms with Crippen molar-refractivity contribution in [3.63, 3.8) is 0 Å². The molecule has 0 aromatic heterocycles. The van der Waals surface area contributed by atoms with Crippen LogP contribution in [0.4, 0.5) is 0 Å². The van der Waals surface area contributed by atoms with Crippen molar-refractivity contribution >= 4 is 5.97 Å². The van der Waals surface area contributed by atoms with Gasteiger partial charge in [0.05, 0.1) is 12.5 Å². The molecule has 1 aliphatic heterocycles. The Kier molecular flexibility index (Phi) is 3.22. The third kappa shape index (κ3) is 2.40. The number of hydrogen-bond acceptors (Lipinski definition) is 3. The summed E-state index contributed by atoms with van der Waals surface area (Å²) in [6.07, 6.45) is 0. The van der Waals surface area contributed by atoms with Gasteiger partial charge < -0.3 is 10.2 Å². The largest absolute Gasteiger partial charge is 0.481 e. The molecule has 1 aliphatic rings. The lowest BCUT2D eigenvalue weighted by Gasteiger charge is -2.36. The molecule has 4 heteroatoms. The number of rotatable bonds is 4. The summed E-state index contributed by atoms with van der Waals surface area (Å²) >= 11 is 0. The van der Waals surface area contributed by atoms with Gasteiger partial charge in [-0.2, -0.15) is 0 Å². The highest BCUT2D eigenvalue weighted by molar-refractivity contribution is 5.71. The van der Waals surface area contributed by atoms with Gasteiger partial charge in [0.25, 0.3) is 0 Å². The molecule has 86 valence electrons. The van der Waals surface area contributed by atoms with Crippen molar-refractivity contribution in [3.8, 4) is 0 Å². The highest BCUT2D eigenvalue weighted by Gasteiger charge is 2.31. The minimum atomic E-state index is -0.702. The van der Waals surface area contributed by atoms with Gasteiger partial charge in [-0.25, -0.2) is 0 Å². The van der Waals surface area contributed by atoms with Crippen LogP contribution in [0.1, 0.15) is 11.1 Å². The summed E-state index contributed by atoms with van der Waals surface area (Å²) in [6.45, 7) is 2.12. The molecule has 1 fully saturated rings. The Morgan fingerprint density at radius 3 is 2.31 bits per heavy atom. The molecular formula is C12H15NO3. The van der Waals surface area contributed by atoms with Crippen molar-refractivity contribution < 1.29 is 15.0 Å². The maximum absolute atomic E-state index is 10.6. The fourth-order valence-electron chi connectivity index (χ4n) is 1.86. The summed E-state index contributed by atoms with van der Waals surface area (Å²) in [4.78, 5) is 12.7. The second-order valence-electron chi connectivity index (χ2n) is 4.20. The Labute approximate surface area is 94.1 Å². The van der Waals surface area contributed by atoms with E-state index in [0.29, 0.717) is 13.1 Å². The number of nitrogens with zero attached hydrogens (tertiary/aromatic N) is 1. The first-order valence-corrected chi connectivity index (χ1v) is 5.33. The van der Waals surface area contributed by atoms with Crippen LogP contribution in [-0.4, -0.2) is 34.2 Å². The van der Waals surface area contributed by atoms with Crippen molar-refractivity contribution in [2.24, 2.45) is 5.92 Å². The molecule has 0 amide bonds. The van der Waals surface area contributed by atoms with E-state index >= 15 is 0 Å². The number of likely N-dealkylation sites (tertiary alicyclic amines) is 1. The van der Waals surface area contributed by atoms with Gasteiger partial charge in [-0.3, -0.25) is 9.69 Å². The zero-order chi connectivity index (χ0) is 11.5. The van der Waals surface area contributed by atoms with E-state index in [2.05, 4.69) is 4.90 Å². The molecule has 0 bridgehead atoms. The minimum Gasteiger partial charge on any atom is -0.481 e. The van der Waals surface area contributed by atoms with E-state index in [-0.39, 0.29) is 12.5 Å². The Balaban J connectivity index is 1.84. The molecule has 0 unspecified atom stereocenters. The van der Waals surface area contributed by atoms with E-state index in [0.717, 1.165) is 17.7 Å². The van der Waals surface area contributed by atoms with Crippen LogP contribution in [0.15, 0.2) is 24.3 Å². The first-order chi connectivity index (χ1) is 7.69. The number of carboxylic acids is 1. The lowest BCUT2D eigenvalue weighted by molar-refractivity contribution is -0.147. The molecular weight excluding hydrogens is 206 g/mol. The normalized spacial score (nSPS) is 17.1. The van der Waals surface area contributed by atoms with Crippen molar-refractivity contribution in [1.82, 2.24) is 4.90 Å². The third-order valence-corrected chi connectivity index (χ3v) is 2.92. The van der Waals surface area contributed by atoms with Crippen LogP contribution in [-0.2, 0) is 17.9 Å². The monoisotopic (exact) mass is 221 g/mol. The van der Waals surface area contributed by atoms with Crippen molar-refractivity contribution in [2.75, 3.05) is 13.1 Å². The van der Waals surface area contributed by atoms with Gasteiger partial charge in [-0.1, -0.05) is 24.3 Å². The SMILES string of the molecule is O=C(O)C1CN(Cc2ccc(CO)cc2)C1. The zero-order valence-corrected chi connectivity index (χ0v) is 8.97. The third-order valence-electron chi connectivity index (χ3n) is 2.92. The van der Waals surface area contributed by atoms with Crippen LogP contribution in [0.25, 0.3) is 0 Å². The molecule has 1 aromatic carbocycles. The van der Waals surface area contributed by atoms with Crippen molar-refractivity contribution in [2.45, 2.75) is 13.2 Å². The van der Waals surface area contributed by atoms with Crippen LogP contribution < -0.4 is 0 Å². The molecule has 4 nitrogen and oxygen atoms in total. The van der Waals surface area contributed by atoms with E-state index in [1.54, 1.807) is 0 Å². The number of aliphatic hydroxyl groups is 1. The van der Waals surface area contributed by atoms with E-state index in [1.807, 2.05) is 24.3 Å². The van der Waals surface area contributed by atoms with Gasteiger partial charge in [-0.15, -0.1) is 0 Å². The number of benzene rings is 1. The second-order valence-corrected chi connectivity index (χ2v) is 4.20. The first-order valence-electron chi connectivity index (χ1n) is 5.33. The Morgan fingerprint density at radius 1 is 1.25 bits per heavy atom. The fraction of sp³-hybridized carbons (Fsp3) is 0.417. The number of aliphatic hydroxyl groups excluding tert-OH is 1. The predicted octanol–water partition coefficient (Wildman–Crippen LogP) is 0.695. The molecule has 0 atom stereocenters. The van der Waals surface area contributed by atoms with E-state index in [4.69, 9.17) is 10.2 Å². The van der Waals surface area contributed by atoms with Gasteiger partial charge in [0.15, 0.2) is 0 Å². The fourth-order valence-corrected chi connectivity index (χ4v) is 1.86. The van der Waals surface area contributed by atoms with Crippen LogP contribution >= 0.6 is 0 Å². The van der Waals surface area contributed by atoms with Gasteiger partial charge in [0, 0.05) is 19.6 Å². The Morgan fingerprint density at radius 2 is 1.81 bits per heavy atom. The summed E-state index contributed by atoms with van der Waals surface area (Å²) in [7, 11) is 0. The van der Waals surface area contributed by atoms with E-state index in [1.165, 1.54) is 0 Å². The molecule has 0 spiro atoms. The van der Waals surface area contributed by atoms with E-state index in [9.17, 15) is 4.79 Å². The van der Waals surface area contributed by atoms with E-state index < -0.39 is 5.97 Å². The number of hydrogen-bond donors (Lipinski definition) is 2. The summed E-state index contributed by atoms with van der Waals surface area (Å²) in [6, 6.07) is 7.73. The highest BCUT2D eigenvalue weighted by atomic mass is 16.4. The van der Waals surface area contributed by atoms with Crippen LogP contribution in [0.2, 0.25) is 0 Å². The maximum atomic E-state index is 10.6. The molecule has 0 saturated carbocycles. The maximum Gasteiger partial charge on any atom is 0.309 e. The Bertz CT molecular complexity index is 368. The summed E-state index contributed by atoms with van der Waals surface area (Å²) in [5.41, 5.74) is 2.05. The average Bonchev–Trinajstić information content (AvgIpc) is 2.23. The summed E-state index contributed by atoms with van der Waals surface area (Å²) in [5.74, 6) is -0.899. The lowest BCUT2D eigenvalue weighted by atomic mass is 9.99. The Hall–Kier alpha value is -1.39. The molecule has 1 saturated heterocycles. The molecule has 2 N–H and O–H groups in total. The first kappa shape index (κ1) is 11.1. The van der Waals surface area contributed by atoms with Gasteiger partial charge in [-0.05, 0) is 11.1 Å². The standard InChI is InChI=1S/C12H15NO3/c14-8-10-3-1-9(2-4-10)5-13-6-11(7-13)12(15)16/h1-4,11,14H,5-8H2,(H,15,16). The molecule has 0 radical (unpaired) electrons. The molecule has 1 aromatic rings. The molecule has 2 rings (SSSR count). The second kappa shape index (κ2) is 4.63. The summed E-state index contributed by atoms with van der Waals surface area (Å²) in [5, 5.41) is 17.6. The van der Waals surface area contributed by atoms with Gasteiger partial charge in [0.2, 0.25) is 0 Å². The zero-order valence-electron chi connectivity index (χ0n) is 8.97. The smallest absolute Gasteiger partial charge is 0.309 e. The predicted molar refractivity (Wildman–Crippen MR) is 58.8 cm³/mol. The summed E-state index contributed by atoms with van der Waals surface area (Å²) < 4.78 is 0. The molecule has 16 heavy (non-hydrogen) atoms. The average molecular weight is 221 g/mol. The molecule has 0 aliphatic carbocycles. The number of carbonyl (C=O) groups is 1. The van der Waals surface area contributed by atoms with Gasteiger partial charge in [0.1, 0.15) is 0 Å². The van der Waals surface area contributed by atoms with Crippen molar-refractivity contribution in [1.29, 1.82) is 0 Å². The highest BCUT2D eigenvalue weighted by Crippen LogP contribution is 2.18. The number of aliphatic carboxylic acids is 1. The quantitative estimate of drug-likeness (QED) is 0.785. The molecule has 1 heterocycles. The van der Waals surface area contributed by atoms with Crippen molar-refractivity contribution in [3.05, 3.63) is 35.4 Å². The topological polar surface area (TPSA) is 60.8 Å². The number of carboxylic acid groups (broad SMARTS) is 1. The van der Waals surface area contributed by atoms with Crippen LogP contribution in [0, 0.1) is 5.92 Å². The van der Waals surface area contributed by atoms with Gasteiger partial charge >= 0.3 is 5.97 Å².